The van der Waals surface area contributed by atoms with Crippen molar-refractivity contribution >= 4 is 40.3 Å². The molecule has 1 aromatic heterocycles. The van der Waals surface area contributed by atoms with Crippen LogP contribution in [0.5, 0.6) is 5.75 Å². The largest absolute Gasteiger partial charge is 0.450 e. The van der Waals surface area contributed by atoms with Crippen molar-refractivity contribution in [3.05, 3.63) is 109 Å². The molecule has 0 bridgehead atoms. The van der Waals surface area contributed by atoms with Crippen molar-refractivity contribution in [1.29, 1.82) is 0 Å². The summed E-state index contributed by atoms with van der Waals surface area (Å²) < 4.78 is 51.5. The molecule has 182 valence electrons. The molecule has 0 spiro atoms. The lowest BCUT2D eigenvalue weighted by Crippen LogP contribution is -2.16. The number of fused-ring (bicyclic) bond motifs is 1. The Hall–Kier alpha value is -4.44. The zero-order valence-electron chi connectivity index (χ0n) is 17.9. The number of nitrogens with zero attached hydrogens (tertiary/aromatic N) is 1. The normalized spacial score (nSPS) is 11.7. The van der Waals surface area contributed by atoms with Crippen molar-refractivity contribution in [2.45, 2.75) is 6.18 Å². The Morgan fingerprint density at radius 3 is 2.44 bits per heavy atom. The predicted molar refractivity (Wildman–Crippen MR) is 126 cm³/mol. The van der Waals surface area contributed by atoms with E-state index in [1.54, 1.807) is 0 Å². The summed E-state index contributed by atoms with van der Waals surface area (Å²) in [5.74, 6) is -2.58. The summed E-state index contributed by atoms with van der Waals surface area (Å²) in [6, 6.07) is 14.2. The minimum absolute atomic E-state index is 0.0239. The fraction of sp³-hybridized carbons (Fsp3) is 0.0400. The molecule has 0 atom stereocenters. The highest BCUT2D eigenvalue weighted by atomic mass is 35.5. The molecule has 11 heteroatoms. The Morgan fingerprint density at radius 1 is 1.06 bits per heavy atom. The van der Waals surface area contributed by atoms with Gasteiger partial charge in [0, 0.05) is 29.3 Å². The van der Waals surface area contributed by atoms with E-state index in [9.17, 15) is 32.9 Å². The Bertz CT molecular complexity index is 1580. The molecular weight excluding hydrogens is 503 g/mol. The van der Waals surface area contributed by atoms with E-state index >= 15 is 0 Å². The highest BCUT2D eigenvalue weighted by molar-refractivity contribution is 6.30. The molecule has 0 fully saturated rings. The van der Waals surface area contributed by atoms with Gasteiger partial charge in [0.15, 0.2) is 0 Å². The van der Waals surface area contributed by atoms with Gasteiger partial charge in [-0.1, -0.05) is 35.9 Å². The van der Waals surface area contributed by atoms with E-state index in [4.69, 9.17) is 20.8 Å². The first kappa shape index (κ1) is 24.7. The number of ether oxygens (including phenoxy) is 1. The molecule has 0 N–H and O–H groups in total. The van der Waals surface area contributed by atoms with Gasteiger partial charge in [0.1, 0.15) is 11.3 Å². The van der Waals surface area contributed by atoms with Crippen LogP contribution in [0.25, 0.3) is 28.2 Å². The average Bonchev–Trinajstić information content (AvgIpc) is 2.83. The molecule has 0 saturated carbocycles. The van der Waals surface area contributed by atoms with Crippen LogP contribution in [-0.4, -0.2) is 10.9 Å². The van der Waals surface area contributed by atoms with E-state index in [0.717, 1.165) is 12.1 Å². The smallest absolute Gasteiger partial charge is 0.450 e. The van der Waals surface area contributed by atoms with Crippen molar-refractivity contribution < 1.29 is 32.0 Å². The van der Waals surface area contributed by atoms with Crippen LogP contribution >= 0.6 is 11.6 Å². The molecule has 0 aliphatic rings. The SMILES string of the molecule is O=C(C=Cc1cccc([N+](=O)[O-])c1)Oc1ccc2c(=O)c(-c3ccc(Cl)cc3)c(C(F)(F)F)oc2c1. The standard InChI is InChI=1S/C25H13ClF3NO6/c26-16-7-5-15(6-8-16)22-23(32)19-10-9-18(13-20(19)36-24(22)25(27,28)29)35-21(31)11-4-14-2-1-3-17(12-14)30(33)34/h1-13H. The third-order valence-corrected chi connectivity index (χ3v) is 5.22. The lowest BCUT2D eigenvalue weighted by atomic mass is 10.0. The van der Waals surface area contributed by atoms with Gasteiger partial charge in [0.05, 0.1) is 15.9 Å². The van der Waals surface area contributed by atoms with Crippen LogP contribution in [0.2, 0.25) is 5.02 Å². The second kappa shape index (κ2) is 9.67. The van der Waals surface area contributed by atoms with Crippen LogP contribution < -0.4 is 10.2 Å². The van der Waals surface area contributed by atoms with Crippen molar-refractivity contribution in [3.63, 3.8) is 0 Å². The van der Waals surface area contributed by atoms with Gasteiger partial charge in [0.2, 0.25) is 11.2 Å². The zero-order chi connectivity index (χ0) is 26.0. The molecule has 7 nitrogen and oxygen atoms in total. The van der Waals surface area contributed by atoms with Gasteiger partial charge in [-0.15, -0.1) is 0 Å². The number of hydrogen-bond donors (Lipinski definition) is 0. The number of halogens is 4. The molecule has 1 heterocycles. The first-order chi connectivity index (χ1) is 17.0. The van der Waals surface area contributed by atoms with Crippen LogP contribution in [0.4, 0.5) is 18.9 Å². The maximum absolute atomic E-state index is 13.8. The topological polar surface area (TPSA) is 99.6 Å². The number of carbonyl (C=O) groups is 1. The third kappa shape index (κ3) is 5.28. The van der Waals surface area contributed by atoms with E-state index in [1.165, 1.54) is 66.7 Å². The molecule has 0 saturated heterocycles. The van der Waals surface area contributed by atoms with Crippen molar-refractivity contribution in [2.24, 2.45) is 0 Å². The minimum atomic E-state index is -4.99. The second-order valence-electron chi connectivity index (χ2n) is 7.40. The monoisotopic (exact) mass is 515 g/mol. The van der Waals surface area contributed by atoms with Gasteiger partial charge < -0.3 is 9.15 Å². The lowest BCUT2D eigenvalue weighted by molar-refractivity contribution is -0.384. The molecule has 0 unspecified atom stereocenters. The zero-order valence-corrected chi connectivity index (χ0v) is 18.7. The number of hydrogen-bond acceptors (Lipinski definition) is 6. The molecule has 0 aliphatic carbocycles. The average molecular weight is 516 g/mol. The highest BCUT2D eigenvalue weighted by Gasteiger charge is 2.39. The summed E-state index contributed by atoms with van der Waals surface area (Å²) in [5.41, 5.74) is -1.86. The maximum Gasteiger partial charge on any atom is 0.450 e. The number of nitro benzene ring substituents is 1. The van der Waals surface area contributed by atoms with Crippen molar-refractivity contribution in [3.8, 4) is 16.9 Å². The van der Waals surface area contributed by atoms with Gasteiger partial charge in [-0.2, -0.15) is 13.2 Å². The van der Waals surface area contributed by atoms with E-state index < -0.39 is 39.4 Å². The van der Waals surface area contributed by atoms with Crippen LogP contribution in [0, 0.1) is 10.1 Å². The van der Waals surface area contributed by atoms with Gasteiger partial charge in [-0.25, -0.2) is 4.79 Å². The van der Waals surface area contributed by atoms with Gasteiger partial charge in [-0.3, -0.25) is 14.9 Å². The number of alkyl halides is 3. The van der Waals surface area contributed by atoms with E-state index in [2.05, 4.69) is 0 Å². The molecular formula is C25H13ClF3NO6. The second-order valence-corrected chi connectivity index (χ2v) is 7.84. The first-order valence-corrected chi connectivity index (χ1v) is 10.5. The Morgan fingerprint density at radius 2 is 1.78 bits per heavy atom. The Kier molecular flexibility index (Phi) is 6.63. The van der Waals surface area contributed by atoms with Gasteiger partial charge in [-0.05, 0) is 41.5 Å². The summed E-state index contributed by atoms with van der Waals surface area (Å²) in [5, 5.41) is 11.0. The molecule has 4 aromatic rings. The molecule has 36 heavy (non-hydrogen) atoms. The van der Waals surface area contributed by atoms with Crippen LogP contribution in [-0.2, 0) is 11.0 Å². The number of non-ortho nitro benzene ring substituents is 1. The molecule has 3 aromatic carbocycles. The number of nitro groups is 1. The Labute approximate surface area is 205 Å². The van der Waals surface area contributed by atoms with Gasteiger partial charge >= 0.3 is 12.1 Å². The lowest BCUT2D eigenvalue weighted by Gasteiger charge is -2.13. The molecule has 4 rings (SSSR count). The summed E-state index contributed by atoms with van der Waals surface area (Å²) >= 11 is 5.80. The third-order valence-electron chi connectivity index (χ3n) is 4.97. The highest BCUT2D eigenvalue weighted by Crippen LogP contribution is 2.38. The van der Waals surface area contributed by atoms with Crippen molar-refractivity contribution in [1.82, 2.24) is 0 Å². The fourth-order valence-electron chi connectivity index (χ4n) is 3.37. The van der Waals surface area contributed by atoms with Crippen LogP contribution in [0.15, 0.2) is 82.0 Å². The molecule has 0 radical (unpaired) electrons. The van der Waals surface area contributed by atoms with Crippen molar-refractivity contribution in [2.75, 3.05) is 0 Å². The summed E-state index contributed by atoms with van der Waals surface area (Å²) in [4.78, 5) is 35.4. The Balaban J connectivity index is 1.68. The van der Waals surface area contributed by atoms with Crippen LogP contribution in [0.3, 0.4) is 0 Å². The summed E-state index contributed by atoms with van der Waals surface area (Å²) in [6.07, 6.45) is -2.73. The van der Waals surface area contributed by atoms with Crippen LogP contribution in [0.1, 0.15) is 11.3 Å². The quantitative estimate of drug-likeness (QED) is 0.0968. The number of carbonyl (C=O) groups excluding carboxylic acids is 1. The summed E-state index contributed by atoms with van der Waals surface area (Å²) in [7, 11) is 0. The van der Waals surface area contributed by atoms with E-state index in [0.29, 0.717) is 5.56 Å². The maximum atomic E-state index is 13.8. The number of esters is 1. The minimum Gasteiger partial charge on any atom is -0.450 e. The van der Waals surface area contributed by atoms with E-state index in [1.807, 2.05) is 0 Å². The number of benzene rings is 3. The molecule has 0 aliphatic heterocycles. The number of rotatable bonds is 5. The summed E-state index contributed by atoms with van der Waals surface area (Å²) in [6.45, 7) is 0. The predicted octanol–water partition coefficient (Wildman–Crippen LogP) is 6.66. The fourth-order valence-corrected chi connectivity index (χ4v) is 3.50. The molecule has 0 amide bonds. The first-order valence-electron chi connectivity index (χ1n) is 10.1. The van der Waals surface area contributed by atoms with E-state index in [-0.39, 0.29) is 27.4 Å². The van der Waals surface area contributed by atoms with Gasteiger partial charge in [0.25, 0.3) is 5.69 Å².